The first kappa shape index (κ1) is 16.1. The van der Waals surface area contributed by atoms with Crippen molar-refractivity contribution in [3.63, 3.8) is 0 Å². The van der Waals surface area contributed by atoms with Gasteiger partial charge in [0.1, 0.15) is 4.75 Å². The largest absolute Gasteiger partial charge is 0.598 e. The van der Waals surface area contributed by atoms with Crippen LogP contribution in [-0.2, 0) is 18.4 Å². The minimum Gasteiger partial charge on any atom is -0.598 e. The van der Waals surface area contributed by atoms with Gasteiger partial charge in [0.25, 0.3) is 0 Å². The first-order valence-corrected chi connectivity index (χ1v) is 8.19. The molecule has 0 spiro atoms. The Balaban J connectivity index is 2.08. The molecule has 0 amide bonds. The summed E-state index contributed by atoms with van der Waals surface area (Å²) in [5.74, 6) is 0. The van der Waals surface area contributed by atoms with Crippen LogP contribution in [-0.4, -0.2) is 19.1 Å². The van der Waals surface area contributed by atoms with Crippen molar-refractivity contribution in [2.24, 2.45) is 7.05 Å². The van der Waals surface area contributed by atoms with Crippen molar-refractivity contribution in [1.29, 1.82) is 0 Å². The van der Waals surface area contributed by atoms with Crippen molar-refractivity contribution in [1.82, 2.24) is 14.5 Å². The van der Waals surface area contributed by atoms with Crippen LogP contribution in [0.5, 0.6) is 0 Å². The molecule has 0 radical (unpaired) electrons. The van der Waals surface area contributed by atoms with Crippen molar-refractivity contribution in [3.05, 3.63) is 42.2 Å². The highest BCUT2D eigenvalue weighted by Crippen LogP contribution is 2.23. The average molecular weight is 305 g/mol. The van der Waals surface area contributed by atoms with Gasteiger partial charge in [-0.05, 0) is 38.8 Å². The van der Waals surface area contributed by atoms with Crippen molar-refractivity contribution in [3.8, 4) is 11.1 Å². The number of aromatic nitrogens is 2. The lowest BCUT2D eigenvalue weighted by molar-refractivity contribution is 0.531. The second-order valence-electron chi connectivity index (χ2n) is 6.25. The first-order chi connectivity index (χ1) is 9.77. The number of aryl methyl sites for hydroxylation is 1. The minimum atomic E-state index is -1.07. The predicted octanol–water partition coefficient (Wildman–Crippen LogP) is 3.20. The first-order valence-electron chi connectivity index (χ1n) is 7.04. The van der Waals surface area contributed by atoms with Gasteiger partial charge in [0.05, 0.1) is 12.2 Å². The Hall–Kier alpha value is -1.30. The summed E-state index contributed by atoms with van der Waals surface area (Å²) in [6.07, 6.45) is 3.84. The Morgan fingerprint density at radius 1 is 1.19 bits per heavy atom. The summed E-state index contributed by atoms with van der Waals surface area (Å²) in [7, 11) is 1.91. The Kier molecular flexibility index (Phi) is 4.76. The molecule has 0 aliphatic heterocycles. The molecule has 0 saturated carbocycles. The van der Waals surface area contributed by atoms with E-state index in [-0.39, 0.29) is 10.8 Å². The van der Waals surface area contributed by atoms with Gasteiger partial charge in [-0.1, -0.05) is 24.3 Å². The highest BCUT2D eigenvalue weighted by molar-refractivity contribution is 7.90. The van der Waals surface area contributed by atoms with Crippen molar-refractivity contribution in [2.75, 3.05) is 0 Å². The third kappa shape index (κ3) is 4.09. The quantitative estimate of drug-likeness (QED) is 0.883. The van der Waals surface area contributed by atoms with Crippen molar-refractivity contribution < 1.29 is 4.55 Å². The highest BCUT2D eigenvalue weighted by Gasteiger charge is 2.28. The van der Waals surface area contributed by atoms with E-state index in [1.165, 1.54) is 0 Å². The molecule has 1 unspecified atom stereocenters. The molecule has 1 heterocycles. The molecule has 114 valence electrons. The van der Waals surface area contributed by atoms with Crippen LogP contribution in [0.25, 0.3) is 11.1 Å². The zero-order valence-corrected chi connectivity index (χ0v) is 14.1. The average Bonchev–Trinajstić information content (AvgIpc) is 2.84. The Morgan fingerprint density at radius 2 is 1.81 bits per heavy atom. The van der Waals surface area contributed by atoms with Gasteiger partial charge in [-0.2, -0.15) is 5.10 Å². The highest BCUT2D eigenvalue weighted by atomic mass is 32.2. The van der Waals surface area contributed by atoms with Gasteiger partial charge >= 0.3 is 0 Å². The zero-order chi connectivity index (χ0) is 15.6. The van der Waals surface area contributed by atoms with E-state index in [1.807, 2.05) is 47.1 Å². The fourth-order valence-electron chi connectivity index (χ4n) is 1.94. The second-order valence-corrected chi connectivity index (χ2v) is 8.24. The molecule has 5 heteroatoms. The zero-order valence-electron chi connectivity index (χ0n) is 13.3. The lowest BCUT2D eigenvalue weighted by atomic mass is 10.0. The number of hydrogen-bond donors (Lipinski definition) is 1. The van der Waals surface area contributed by atoms with Crippen molar-refractivity contribution >= 4 is 11.4 Å². The summed E-state index contributed by atoms with van der Waals surface area (Å²) in [4.78, 5) is 0. The molecule has 2 atom stereocenters. The summed E-state index contributed by atoms with van der Waals surface area (Å²) in [6, 6.07) is 8.34. The molecule has 0 bridgehead atoms. The van der Waals surface area contributed by atoms with E-state index in [9.17, 15) is 4.55 Å². The maximum Gasteiger partial charge on any atom is 0.136 e. The topological polar surface area (TPSA) is 52.9 Å². The normalized spacial score (nSPS) is 15.0. The molecule has 0 aliphatic carbocycles. The van der Waals surface area contributed by atoms with Gasteiger partial charge in [0, 0.05) is 30.2 Å². The van der Waals surface area contributed by atoms with Gasteiger partial charge in [-0.25, -0.2) is 0 Å². The van der Waals surface area contributed by atoms with E-state index in [0.29, 0.717) is 0 Å². The molecular formula is C16H23N3OS. The van der Waals surface area contributed by atoms with Gasteiger partial charge in [-0.3, -0.25) is 4.68 Å². The number of nitrogens with one attached hydrogen (secondary N) is 1. The summed E-state index contributed by atoms with van der Waals surface area (Å²) in [6.45, 7) is 7.93. The summed E-state index contributed by atoms with van der Waals surface area (Å²) >= 11 is -1.07. The van der Waals surface area contributed by atoms with E-state index < -0.39 is 11.4 Å². The third-order valence-corrected chi connectivity index (χ3v) is 4.97. The van der Waals surface area contributed by atoms with Crippen LogP contribution in [0.1, 0.15) is 39.3 Å². The Morgan fingerprint density at radius 3 is 2.29 bits per heavy atom. The monoisotopic (exact) mass is 305 g/mol. The SMILES string of the molecule is C[C@H](N[S+]([O-])C(C)(C)C)c1ccc(-c2cnn(C)c2)cc1. The van der Waals surface area contributed by atoms with Gasteiger partial charge in [0.2, 0.25) is 0 Å². The van der Waals surface area contributed by atoms with Gasteiger partial charge < -0.3 is 4.55 Å². The molecule has 0 fully saturated rings. The standard InChI is InChI=1S/C16H23N3OS/c1-12(18-21(20)16(2,3)4)13-6-8-14(9-7-13)15-10-17-19(5)11-15/h6-12,18H,1-5H3/t12-,21?/m0/s1. The van der Waals surface area contributed by atoms with E-state index in [1.54, 1.807) is 4.68 Å². The maximum absolute atomic E-state index is 12.1. The number of rotatable bonds is 4. The van der Waals surface area contributed by atoms with Crippen LogP contribution in [0.2, 0.25) is 0 Å². The fraction of sp³-hybridized carbons (Fsp3) is 0.438. The van der Waals surface area contributed by atoms with E-state index in [2.05, 4.69) is 34.1 Å². The molecule has 0 saturated heterocycles. The molecule has 2 aromatic rings. The maximum atomic E-state index is 12.1. The molecule has 4 nitrogen and oxygen atoms in total. The summed E-state index contributed by atoms with van der Waals surface area (Å²) in [5.41, 5.74) is 3.36. The number of benzene rings is 1. The van der Waals surface area contributed by atoms with Crippen LogP contribution in [0.4, 0.5) is 0 Å². The number of nitrogens with zero attached hydrogens (tertiary/aromatic N) is 2. The van der Waals surface area contributed by atoms with E-state index in [4.69, 9.17) is 0 Å². The molecular weight excluding hydrogens is 282 g/mol. The molecule has 1 aromatic heterocycles. The Labute approximate surface area is 129 Å². The van der Waals surface area contributed by atoms with E-state index >= 15 is 0 Å². The second kappa shape index (κ2) is 6.22. The van der Waals surface area contributed by atoms with Crippen molar-refractivity contribution in [2.45, 2.75) is 38.5 Å². The van der Waals surface area contributed by atoms with Crippen LogP contribution in [0.3, 0.4) is 0 Å². The smallest absolute Gasteiger partial charge is 0.136 e. The van der Waals surface area contributed by atoms with Crippen LogP contribution in [0.15, 0.2) is 36.7 Å². The molecule has 21 heavy (non-hydrogen) atoms. The molecule has 0 aliphatic rings. The van der Waals surface area contributed by atoms with Crippen LogP contribution in [0, 0.1) is 0 Å². The van der Waals surface area contributed by atoms with Gasteiger partial charge in [-0.15, -0.1) is 4.72 Å². The molecule has 2 rings (SSSR count). The lowest BCUT2D eigenvalue weighted by Gasteiger charge is -2.26. The summed E-state index contributed by atoms with van der Waals surface area (Å²) < 4.78 is 16.8. The Bertz CT molecular complexity index is 586. The number of hydrogen-bond acceptors (Lipinski definition) is 3. The minimum absolute atomic E-state index is 0.0491. The van der Waals surface area contributed by atoms with Gasteiger partial charge in [0.15, 0.2) is 0 Å². The summed E-state index contributed by atoms with van der Waals surface area (Å²) in [5, 5.41) is 4.18. The molecule has 1 N–H and O–H groups in total. The van der Waals surface area contributed by atoms with Crippen LogP contribution >= 0.6 is 0 Å². The van der Waals surface area contributed by atoms with Crippen LogP contribution < -0.4 is 4.72 Å². The van der Waals surface area contributed by atoms with E-state index in [0.717, 1.165) is 16.7 Å². The molecule has 1 aromatic carbocycles. The predicted molar refractivity (Wildman–Crippen MR) is 88.1 cm³/mol. The fourth-order valence-corrected chi connectivity index (χ4v) is 2.75. The lowest BCUT2D eigenvalue weighted by Crippen LogP contribution is -2.40. The third-order valence-electron chi connectivity index (χ3n) is 3.29.